The van der Waals surface area contributed by atoms with Crippen LogP contribution < -0.4 is 87.2 Å². The Kier molecular flexibility index (Phi) is 39.3. The Bertz CT molecular complexity index is 3530. The molecule has 4 rings (SSSR count). The molecule has 24 N–H and O–H groups in total. The smallest absolute Gasteiger partial charge is 0.326 e. The molecule has 15 amide bonds. The summed E-state index contributed by atoms with van der Waals surface area (Å²) in [6.45, 7) is 6.37. The molecule has 41 nitrogen and oxygen atoms in total. The first-order valence-corrected chi connectivity index (χ1v) is 37.6. The zero-order chi connectivity index (χ0) is 83.5. The molecule has 0 spiro atoms. The van der Waals surface area contributed by atoms with Crippen molar-refractivity contribution in [2.75, 3.05) is 52.4 Å². The molecule has 41 heteroatoms. The van der Waals surface area contributed by atoms with Crippen molar-refractivity contribution in [1.82, 2.24) is 73.2 Å². The summed E-state index contributed by atoms with van der Waals surface area (Å²) in [4.78, 5) is 248. The maximum Gasteiger partial charge on any atom is 0.326 e. The highest BCUT2D eigenvalue weighted by molar-refractivity contribution is 6.00. The van der Waals surface area contributed by atoms with Crippen LogP contribution in [0.3, 0.4) is 0 Å². The first-order valence-electron chi connectivity index (χ1n) is 37.6. The summed E-state index contributed by atoms with van der Waals surface area (Å²) in [6.07, 6.45) is -1.48. The highest BCUT2D eigenvalue weighted by atomic mass is 16.4. The fourth-order valence-electron chi connectivity index (χ4n) is 12.9. The summed E-state index contributed by atoms with van der Waals surface area (Å²) < 4.78 is 0. The standard InChI is InChI=1S/C71H112N20O21/c1-38(2)31-47(82-54(93)35-78-59(100)40(5)81-60(101)42(73)33-41-15-7-6-8-16-41)62(103)80-37-56(95)89-28-12-19-50(89)66(107)85-44(18-11-27-77-71(75)76)63(104)84-45(23-25-57(96)97)64(105)83-43(17-9-10-26-72)61(102)79-36-55(94)90-29-13-20-51(90)67(108)88-49(34-58(98)99)69(110)91-30-14-21-52(91)68(109)87-48(32-39(3)4)65(106)86-46(70(111)112)22-24-53(74)92/h6-8,15-16,38-40,42-52H,9-14,17-37,72-73H2,1-5H3,(H2,74,92)(H,78,100)(H,79,102)(H,80,103)(H,81,101)(H,82,93)(H,83,105)(H,84,104)(H,85,107)(H,86,106)(H,87,109)(H,88,108)(H,96,97)(H,98,99)(H,111,112)(H4,75,76,77)/t40-,42-,43-,44-,45-,46-,47-,48-,49-,50-,51-,52-/m0/s1. The van der Waals surface area contributed by atoms with Gasteiger partial charge in [-0.15, -0.1) is 0 Å². The van der Waals surface area contributed by atoms with Crippen LogP contribution in [0.25, 0.3) is 0 Å². The van der Waals surface area contributed by atoms with E-state index in [4.69, 9.17) is 28.7 Å². The summed E-state index contributed by atoms with van der Waals surface area (Å²) in [5.74, 6) is -17.9. The van der Waals surface area contributed by atoms with E-state index in [1.54, 1.807) is 52.0 Å². The van der Waals surface area contributed by atoms with E-state index in [9.17, 15) is 102 Å². The SMILES string of the molecule is CC(C)C[C@H](NC(=O)CNC(=O)[C@H](C)NC(=O)[C@@H](N)Cc1ccccc1)C(=O)NCC(=O)N1CCC[C@H]1C(=O)N[C@@H](CCCN=C(N)N)C(=O)N[C@@H](CCC(=O)O)C(=O)N[C@@H](CCCCN)C(=O)NCC(=O)N1CCC[C@H]1C(=O)N[C@@H](CC(=O)O)C(=O)N1CCC[C@H]1C(=O)N[C@@H](CC(C)C)C(=O)N[C@@H](CCC(N)=O)C(=O)O. The predicted molar refractivity (Wildman–Crippen MR) is 399 cm³/mol. The van der Waals surface area contributed by atoms with E-state index in [1.165, 1.54) is 11.8 Å². The number of guanidine groups is 1. The maximum atomic E-state index is 14.4. The Morgan fingerprint density at radius 3 is 1.42 bits per heavy atom. The third-order valence-corrected chi connectivity index (χ3v) is 18.7. The molecule has 112 heavy (non-hydrogen) atoms. The van der Waals surface area contributed by atoms with Gasteiger partial charge in [0.25, 0.3) is 0 Å². The number of carboxylic acid groups (broad SMARTS) is 3. The minimum Gasteiger partial charge on any atom is -0.481 e. The Morgan fingerprint density at radius 1 is 0.473 bits per heavy atom. The number of unbranched alkanes of at least 4 members (excludes halogenated alkanes) is 1. The van der Waals surface area contributed by atoms with Crippen LogP contribution in [0, 0.1) is 11.8 Å². The van der Waals surface area contributed by atoms with Gasteiger partial charge in [-0.25, -0.2) is 4.79 Å². The number of rotatable bonds is 48. The molecule has 0 bridgehead atoms. The van der Waals surface area contributed by atoms with E-state index >= 15 is 0 Å². The third kappa shape index (κ3) is 32.1. The molecular formula is C71H112N20O21. The van der Waals surface area contributed by atoms with Crippen LogP contribution >= 0.6 is 0 Å². The lowest BCUT2D eigenvalue weighted by atomic mass is 10.0. The molecule has 0 unspecified atom stereocenters. The van der Waals surface area contributed by atoms with E-state index in [0.717, 1.165) is 15.4 Å². The van der Waals surface area contributed by atoms with Gasteiger partial charge < -0.3 is 117 Å². The van der Waals surface area contributed by atoms with Crippen molar-refractivity contribution in [2.24, 2.45) is 45.5 Å². The number of nitrogens with zero attached hydrogens (tertiary/aromatic N) is 4. The molecule has 0 saturated carbocycles. The number of aliphatic imine (C=N–C) groups is 1. The fourth-order valence-corrected chi connectivity index (χ4v) is 12.9. The van der Waals surface area contributed by atoms with Crippen molar-refractivity contribution in [1.29, 1.82) is 0 Å². The van der Waals surface area contributed by atoms with Gasteiger partial charge in [-0.1, -0.05) is 58.0 Å². The Labute approximate surface area is 647 Å². The van der Waals surface area contributed by atoms with Crippen LogP contribution in [0.5, 0.6) is 0 Å². The van der Waals surface area contributed by atoms with Crippen LogP contribution in [0.1, 0.15) is 156 Å². The van der Waals surface area contributed by atoms with Gasteiger partial charge >= 0.3 is 17.9 Å². The molecule has 0 radical (unpaired) electrons. The van der Waals surface area contributed by atoms with E-state index in [0.29, 0.717) is 12.8 Å². The van der Waals surface area contributed by atoms with E-state index in [-0.39, 0.29) is 140 Å². The highest BCUT2D eigenvalue weighted by Crippen LogP contribution is 2.24. The molecule has 3 aliphatic heterocycles. The number of primary amides is 1. The normalized spacial score (nSPS) is 17.6. The minimum absolute atomic E-state index is 0.00780. The molecule has 3 saturated heterocycles. The summed E-state index contributed by atoms with van der Waals surface area (Å²) in [6, 6.07) is -7.43. The van der Waals surface area contributed by atoms with Gasteiger partial charge in [0, 0.05) is 39.0 Å². The maximum absolute atomic E-state index is 14.4. The minimum atomic E-state index is -1.79. The van der Waals surface area contributed by atoms with Crippen LogP contribution in [-0.2, 0) is 92.7 Å². The highest BCUT2D eigenvalue weighted by Gasteiger charge is 2.44. The van der Waals surface area contributed by atoms with Gasteiger partial charge in [-0.3, -0.25) is 86.5 Å². The third-order valence-electron chi connectivity index (χ3n) is 18.7. The average Bonchev–Trinajstić information content (AvgIpc) is 1.64. The van der Waals surface area contributed by atoms with Gasteiger partial charge in [-0.05, 0) is 134 Å². The monoisotopic (exact) mass is 1580 g/mol. The van der Waals surface area contributed by atoms with Gasteiger partial charge in [0.1, 0.15) is 66.5 Å². The van der Waals surface area contributed by atoms with Gasteiger partial charge in [0.15, 0.2) is 5.96 Å². The number of nitrogens with two attached hydrogens (primary N) is 5. The van der Waals surface area contributed by atoms with E-state index < -0.39 is 218 Å². The average molecular weight is 1580 g/mol. The Hall–Kier alpha value is -11.1. The number of aliphatic carboxylic acids is 3. The largest absolute Gasteiger partial charge is 0.481 e. The molecule has 12 atom stereocenters. The van der Waals surface area contributed by atoms with Gasteiger partial charge in [0.05, 0.1) is 32.1 Å². The lowest BCUT2D eigenvalue weighted by molar-refractivity contribution is -0.147. The second-order valence-corrected chi connectivity index (χ2v) is 28.7. The number of likely N-dealkylation sites (tertiary alicyclic amines) is 3. The molecule has 0 aromatic heterocycles. The number of carbonyl (C=O) groups excluding carboxylic acids is 15. The van der Waals surface area contributed by atoms with Crippen molar-refractivity contribution in [3.63, 3.8) is 0 Å². The van der Waals surface area contributed by atoms with Crippen molar-refractivity contribution in [3.05, 3.63) is 35.9 Å². The first kappa shape index (κ1) is 93.3. The molecular weight excluding hydrogens is 1470 g/mol. The number of hydrogen-bond donors (Lipinski definition) is 19. The first-order chi connectivity index (χ1) is 52.9. The lowest BCUT2D eigenvalue weighted by Gasteiger charge is -2.31. The van der Waals surface area contributed by atoms with Gasteiger partial charge in [-0.2, -0.15) is 0 Å². The number of benzene rings is 1. The summed E-state index contributed by atoms with van der Waals surface area (Å²) >= 11 is 0. The van der Waals surface area contributed by atoms with Crippen molar-refractivity contribution < 1.29 is 102 Å². The molecule has 0 aliphatic carbocycles. The number of hydrogen-bond acceptors (Lipinski definition) is 21. The summed E-state index contributed by atoms with van der Waals surface area (Å²) in [7, 11) is 0. The number of carboxylic acids is 3. The molecule has 3 heterocycles. The second kappa shape index (κ2) is 47.2. The molecule has 622 valence electrons. The molecule has 3 fully saturated rings. The summed E-state index contributed by atoms with van der Waals surface area (Å²) in [5, 5.41) is 56.7. The quantitative estimate of drug-likeness (QED) is 0.0164. The number of nitrogens with one attached hydrogen (secondary N) is 11. The topological polar surface area (TPSA) is 652 Å². The summed E-state index contributed by atoms with van der Waals surface area (Å²) in [5.41, 5.74) is 28.9. The van der Waals surface area contributed by atoms with Crippen LogP contribution in [-0.4, -0.2) is 267 Å². The van der Waals surface area contributed by atoms with Crippen LogP contribution in [0.4, 0.5) is 0 Å². The van der Waals surface area contributed by atoms with Crippen molar-refractivity contribution in [3.8, 4) is 0 Å². The van der Waals surface area contributed by atoms with E-state index in [1.807, 2.05) is 6.07 Å². The Morgan fingerprint density at radius 2 is 0.920 bits per heavy atom. The van der Waals surface area contributed by atoms with Crippen molar-refractivity contribution in [2.45, 2.75) is 229 Å². The number of amides is 15. The lowest BCUT2D eigenvalue weighted by Crippen LogP contribution is -2.59. The van der Waals surface area contributed by atoms with E-state index in [2.05, 4.69) is 63.5 Å². The molecule has 1 aromatic carbocycles. The molecule has 1 aromatic rings. The Balaban J connectivity index is 1.43. The van der Waals surface area contributed by atoms with Crippen LogP contribution in [0.15, 0.2) is 35.3 Å². The number of carbonyl (C=O) groups is 18. The second-order valence-electron chi connectivity index (χ2n) is 28.7. The molecule has 3 aliphatic rings. The van der Waals surface area contributed by atoms with Crippen LogP contribution in [0.2, 0.25) is 0 Å². The van der Waals surface area contributed by atoms with Gasteiger partial charge in [0.2, 0.25) is 88.6 Å². The predicted octanol–water partition coefficient (Wildman–Crippen LogP) is -6.26. The zero-order valence-electron chi connectivity index (χ0n) is 63.9. The van der Waals surface area contributed by atoms with Crippen molar-refractivity contribution >= 4 is 112 Å². The fraction of sp³-hybridized carbons (Fsp3) is 0.648. The zero-order valence-corrected chi connectivity index (χ0v) is 63.9.